The summed E-state index contributed by atoms with van der Waals surface area (Å²) in [4.78, 5) is 18.3. The molecule has 4 aromatic carbocycles. The van der Waals surface area contributed by atoms with Crippen LogP contribution in [0.25, 0.3) is 90.9 Å². The second kappa shape index (κ2) is 23.3. The first-order chi connectivity index (χ1) is 38.0. The average Bonchev–Trinajstić information content (AvgIpc) is 4.37. The van der Waals surface area contributed by atoms with E-state index in [4.69, 9.17) is 30.5 Å². The monoisotopic (exact) mass is 1150 g/mol. The van der Waals surface area contributed by atoms with E-state index in [9.17, 15) is 33.7 Å². The van der Waals surface area contributed by atoms with Crippen molar-refractivity contribution in [3.8, 4) is 44.5 Å². The number of rotatable bonds is 20. The number of aromatic amines is 2. The summed E-state index contributed by atoms with van der Waals surface area (Å²) in [5.74, 6) is 0. The van der Waals surface area contributed by atoms with Gasteiger partial charge in [-0.15, -0.1) is 0 Å². The van der Waals surface area contributed by atoms with E-state index in [1.165, 1.54) is 24.3 Å². The molecule has 0 saturated heterocycles. The van der Waals surface area contributed by atoms with Gasteiger partial charge in [0, 0.05) is 44.3 Å². The maximum Gasteiger partial charge on any atom is 0.238 e. The van der Waals surface area contributed by atoms with Crippen molar-refractivity contribution < 1.29 is 33.7 Å². The van der Waals surface area contributed by atoms with Crippen LogP contribution in [0.3, 0.4) is 0 Å². The molecule has 0 aliphatic carbocycles. The van der Waals surface area contributed by atoms with Crippen LogP contribution in [-0.2, 0) is 65.8 Å². The summed E-state index contributed by atoms with van der Waals surface area (Å²) in [6.07, 6.45) is 15.3. The Hall–Kier alpha value is -6.88. The Morgan fingerprint density at radius 3 is 0.738 bits per heavy atom. The van der Waals surface area contributed by atoms with Crippen LogP contribution in [0.2, 0.25) is 0 Å². The molecule has 0 fully saturated rings. The number of fused-ring (bicyclic) bond motifs is 8. The summed E-state index contributed by atoms with van der Waals surface area (Å²) in [5, 5.41) is 23.3. The topological polar surface area (TPSA) is 298 Å². The normalized spacial score (nSPS) is 12.9. The van der Waals surface area contributed by atoms with Crippen LogP contribution >= 0.6 is 0 Å². The quantitative estimate of drug-likeness (QED) is 0.0419. The summed E-state index contributed by atoms with van der Waals surface area (Å²) in [7, 11) is -16.4. The second-order valence-corrected chi connectivity index (χ2v) is 26.5. The van der Waals surface area contributed by atoms with E-state index in [2.05, 4.69) is 9.97 Å². The molecule has 10 N–H and O–H groups in total. The summed E-state index contributed by atoms with van der Waals surface area (Å²) < 4.78 is 105. The summed E-state index contributed by atoms with van der Waals surface area (Å²) >= 11 is 0. The Labute approximate surface area is 468 Å². The molecule has 0 atom stereocenters. The minimum atomic E-state index is -4.11. The molecular weight excluding hydrogens is 1090 g/mol. The third-order valence-electron chi connectivity index (χ3n) is 14.6. The number of sulfonamides is 4. The molecule has 3 aromatic heterocycles. The Balaban J connectivity index is 1.48. The molecule has 418 valence electrons. The lowest BCUT2D eigenvalue weighted by Crippen LogP contribution is -2.14. The SMILES string of the molecule is CCCCc1cc(-c2c3nc(c(-c4ccc(S(N)(=O)=O)c(CCCC)c4)c4ccc([nH]4)c(-c4ccc(S(N)(=O)=O)c(CCCC)c4)c4nc(c(-c5ccc(S(N)(=O)=O)c(CCCC)c5)c5ccc2[nH]5)C=C4)C=C3)ccc1S(N)(=O)=O. The van der Waals surface area contributed by atoms with Crippen molar-refractivity contribution in [2.75, 3.05) is 0 Å². The molecule has 2 aliphatic heterocycles. The number of hydrogen-bond donors (Lipinski definition) is 6. The zero-order chi connectivity index (χ0) is 57.3. The highest BCUT2D eigenvalue weighted by Crippen LogP contribution is 2.41. The van der Waals surface area contributed by atoms with Crippen molar-refractivity contribution in [1.29, 1.82) is 0 Å². The molecular formula is C60H66N8O8S4. The number of hydrogen-bond acceptors (Lipinski definition) is 10. The van der Waals surface area contributed by atoms with E-state index >= 15 is 0 Å². The van der Waals surface area contributed by atoms with Crippen LogP contribution in [0.4, 0.5) is 0 Å². The maximum absolute atomic E-state index is 13.1. The number of benzene rings is 4. The number of nitrogens with two attached hydrogens (primary N) is 4. The lowest BCUT2D eigenvalue weighted by Gasteiger charge is -2.13. The van der Waals surface area contributed by atoms with Gasteiger partial charge in [0.2, 0.25) is 40.1 Å². The fourth-order valence-corrected chi connectivity index (χ4v) is 13.9. The van der Waals surface area contributed by atoms with E-state index in [1.807, 2.05) is 101 Å². The summed E-state index contributed by atoms with van der Waals surface area (Å²) in [6.45, 7) is 8.09. The first-order valence-electron chi connectivity index (χ1n) is 26.8. The Morgan fingerprint density at radius 1 is 0.338 bits per heavy atom. The van der Waals surface area contributed by atoms with Crippen LogP contribution in [0.15, 0.2) is 117 Å². The fourth-order valence-electron chi connectivity index (χ4n) is 10.7. The van der Waals surface area contributed by atoms with Gasteiger partial charge in [-0.25, -0.2) is 64.2 Å². The predicted molar refractivity (Wildman–Crippen MR) is 321 cm³/mol. The first kappa shape index (κ1) is 57.8. The Kier molecular flexibility index (Phi) is 16.8. The van der Waals surface area contributed by atoms with E-state index < -0.39 is 40.1 Å². The molecule has 0 unspecified atom stereocenters. The Morgan fingerprint density at radius 2 is 0.550 bits per heavy atom. The van der Waals surface area contributed by atoms with Gasteiger partial charge >= 0.3 is 0 Å². The minimum absolute atomic E-state index is 0.0241. The molecule has 16 nitrogen and oxygen atoms in total. The standard InChI is InChI=1S/C60H66N8O8S4/c1-5-9-13-37-33-41(17-29-53(37)77(61,69)70)57-45-21-23-47(65-45)58(42-18-30-54(78(62,71)72)38(34-42)14-10-6-2)49-25-27-51(67-49)60(44-20-32-56(80(64,75)76)40(36-44)16-12-8-4)52-28-26-50(68-52)59(48-24-22-46(57)66-48)43-19-31-55(79(63,73)74)39(35-43)15-11-7-3/h17-36,65,68H,5-16H2,1-4H3,(H2,61,69,70)(H2,62,71,72)(H2,63,73,74)(H2,64,75,76). The predicted octanol–water partition coefficient (Wildman–Crippen LogP) is 11.3. The maximum atomic E-state index is 13.1. The van der Waals surface area contributed by atoms with Gasteiger partial charge in [0.15, 0.2) is 0 Å². The average molecular weight is 1160 g/mol. The number of unbranched alkanes of at least 4 members (excludes halogenated alkanes) is 4. The largest absolute Gasteiger partial charge is 0.354 e. The van der Waals surface area contributed by atoms with Gasteiger partial charge in [0.25, 0.3) is 0 Å². The number of nitrogens with one attached hydrogen (secondary N) is 2. The van der Waals surface area contributed by atoms with Crippen LogP contribution in [0, 0.1) is 0 Å². The highest BCUT2D eigenvalue weighted by Gasteiger charge is 2.25. The van der Waals surface area contributed by atoms with Crippen molar-refractivity contribution in [3.63, 3.8) is 0 Å². The van der Waals surface area contributed by atoms with Gasteiger partial charge in [0.1, 0.15) is 0 Å². The number of H-pyrrole nitrogens is 2. The molecule has 9 rings (SSSR count). The number of aryl methyl sites for hydroxylation is 4. The van der Waals surface area contributed by atoms with Crippen LogP contribution in [0.1, 0.15) is 124 Å². The van der Waals surface area contributed by atoms with E-state index in [-0.39, 0.29) is 19.6 Å². The van der Waals surface area contributed by atoms with E-state index in [1.54, 1.807) is 24.3 Å². The van der Waals surface area contributed by atoms with Gasteiger partial charge < -0.3 is 9.97 Å². The van der Waals surface area contributed by atoms with Crippen LogP contribution < -0.4 is 20.6 Å². The van der Waals surface area contributed by atoms with Crippen LogP contribution in [-0.4, -0.2) is 53.6 Å². The molecule has 7 aromatic rings. The number of nitrogens with zero attached hydrogens (tertiary/aromatic N) is 2. The smallest absolute Gasteiger partial charge is 0.238 e. The summed E-state index contributed by atoms with van der Waals surface area (Å²) in [5.41, 5.74) is 11.7. The molecule has 2 aliphatic rings. The van der Waals surface area contributed by atoms with Crippen molar-refractivity contribution in [2.45, 2.75) is 124 Å². The zero-order valence-electron chi connectivity index (χ0n) is 45.1. The van der Waals surface area contributed by atoms with Gasteiger partial charge in [-0.3, -0.25) is 0 Å². The fraction of sp³-hybridized carbons (Fsp3) is 0.267. The number of primary sulfonamides is 4. The van der Waals surface area contributed by atoms with Gasteiger partial charge in [-0.05, 0) is 193 Å². The molecule has 0 spiro atoms. The lowest BCUT2D eigenvalue weighted by molar-refractivity contribution is 0.594. The molecule has 5 heterocycles. The molecule has 0 radical (unpaired) electrons. The van der Waals surface area contributed by atoms with Crippen LogP contribution in [0.5, 0.6) is 0 Å². The van der Waals surface area contributed by atoms with Crippen molar-refractivity contribution in [3.05, 3.63) is 142 Å². The highest BCUT2D eigenvalue weighted by molar-refractivity contribution is 7.90. The van der Waals surface area contributed by atoms with Gasteiger partial charge in [-0.1, -0.05) is 77.6 Å². The van der Waals surface area contributed by atoms with Crippen molar-refractivity contribution >= 4 is 86.5 Å². The van der Waals surface area contributed by atoms with Gasteiger partial charge in [-0.2, -0.15) is 0 Å². The number of aromatic nitrogens is 4. The highest BCUT2D eigenvalue weighted by atomic mass is 32.2. The van der Waals surface area contributed by atoms with E-state index in [0.29, 0.717) is 163 Å². The molecule has 0 amide bonds. The molecule has 20 heteroatoms. The third-order valence-corrected chi connectivity index (χ3v) is 18.6. The minimum Gasteiger partial charge on any atom is -0.354 e. The molecule has 80 heavy (non-hydrogen) atoms. The molecule has 0 saturated carbocycles. The molecule has 8 bridgehead atoms. The van der Waals surface area contributed by atoms with Gasteiger partial charge in [0.05, 0.1) is 42.4 Å². The zero-order valence-corrected chi connectivity index (χ0v) is 48.4. The summed E-state index contributed by atoms with van der Waals surface area (Å²) in [6, 6.07) is 28.0. The third kappa shape index (κ3) is 12.2. The van der Waals surface area contributed by atoms with Crippen molar-refractivity contribution in [1.82, 2.24) is 19.9 Å². The van der Waals surface area contributed by atoms with E-state index in [0.717, 1.165) is 25.7 Å². The Bertz CT molecular complexity index is 3780. The first-order valence-corrected chi connectivity index (χ1v) is 33.0. The lowest BCUT2D eigenvalue weighted by atomic mass is 9.99. The second-order valence-electron chi connectivity index (χ2n) is 20.4. The van der Waals surface area contributed by atoms with Crippen molar-refractivity contribution in [2.24, 2.45) is 20.6 Å².